The zero-order valence-electron chi connectivity index (χ0n) is 17.9. The number of nitrogens with zero attached hydrogens (tertiary/aromatic N) is 5. The number of non-ortho nitro benzene ring substituents is 1. The van der Waals surface area contributed by atoms with Crippen LogP contribution >= 0.6 is 11.8 Å². The van der Waals surface area contributed by atoms with E-state index in [-0.39, 0.29) is 11.6 Å². The fraction of sp³-hybridized carbons (Fsp3) is 0.333. The Labute approximate surface area is 189 Å². The van der Waals surface area contributed by atoms with E-state index >= 15 is 0 Å². The molecule has 2 N–H and O–H groups in total. The molecule has 0 bridgehead atoms. The number of benzene rings is 1. The number of amides is 1. The summed E-state index contributed by atoms with van der Waals surface area (Å²) >= 11 is 1.57. The van der Waals surface area contributed by atoms with Gasteiger partial charge in [-0.2, -0.15) is 5.10 Å². The summed E-state index contributed by atoms with van der Waals surface area (Å²) in [6, 6.07) is 5.98. The van der Waals surface area contributed by atoms with Crippen molar-refractivity contribution in [2.24, 2.45) is 0 Å². The molecule has 1 amide bonds. The van der Waals surface area contributed by atoms with E-state index in [9.17, 15) is 14.9 Å². The van der Waals surface area contributed by atoms with Crippen LogP contribution in [0, 0.1) is 10.1 Å². The van der Waals surface area contributed by atoms with Crippen molar-refractivity contribution in [1.82, 2.24) is 25.1 Å². The Morgan fingerprint density at radius 3 is 2.69 bits per heavy atom. The van der Waals surface area contributed by atoms with Gasteiger partial charge >= 0.3 is 0 Å². The zero-order chi connectivity index (χ0) is 22.9. The summed E-state index contributed by atoms with van der Waals surface area (Å²) < 4.78 is 1.76. The molecule has 2 aromatic heterocycles. The van der Waals surface area contributed by atoms with E-state index < -0.39 is 4.92 Å². The largest absolute Gasteiger partial charge is 0.369 e. The number of aromatic nitrogens is 4. The number of hydrogen-bond acceptors (Lipinski definition) is 8. The first kappa shape index (κ1) is 23.2. The van der Waals surface area contributed by atoms with Crippen molar-refractivity contribution in [2.75, 3.05) is 24.2 Å². The Kier molecular flexibility index (Phi) is 8.14. The molecule has 0 saturated heterocycles. The maximum Gasteiger partial charge on any atom is 0.269 e. The average Bonchev–Trinajstić information content (AvgIpc) is 3.19. The van der Waals surface area contributed by atoms with Crippen LogP contribution in [0.25, 0.3) is 17.1 Å². The highest BCUT2D eigenvalue weighted by atomic mass is 32.2. The van der Waals surface area contributed by atoms with Gasteiger partial charge in [-0.05, 0) is 35.9 Å². The van der Waals surface area contributed by atoms with Gasteiger partial charge in [0.25, 0.3) is 5.69 Å². The molecule has 0 atom stereocenters. The minimum absolute atomic E-state index is 0.00964. The third-order valence-corrected chi connectivity index (χ3v) is 5.17. The molecule has 0 aliphatic carbocycles. The third kappa shape index (κ3) is 6.03. The Balaban J connectivity index is 1.62. The van der Waals surface area contributed by atoms with Crippen molar-refractivity contribution in [3.8, 4) is 0 Å². The van der Waals surface area contributed by atoms with E-state index in [1.807, 2.05) is 0 Å². The van der Waals surface area contributed by atoms with Gasteiger partial charge in [0, 0.05) is 31.3 Å². The minimum atomic E-state index is -0.461. The van der Waals surface area contributed by atoms with Gasteiger partial charge in [0.15, 0.2) is 10.8 Å². The molecule has 10 nitrogen and oxygen atoms in total. The van der Waals surface area contributed by atoms with Crippen LogP contribution in [0.3, 0.4) is 0 Å². The number of carbonyl (C=O) groups is 1. The average molecular weight is 456 g/mol. The summed E-state index contributed by atoms with van der Waals surface area (Å²) in [5.74, 6) is 1.38. The number of nitro groups is 1. The monoisotopic (exact) mass is 455 g/mol. The molecule has 3 rings (SSSR count). The van der Waals surface area contributed by atoms with Crippen molar-refractivity contribution in [3.05, 3.63) is 52.2 Å². The fourth-order valence-electron chi connectivity index (χ4n) is 2.89. The van der Waals surface area contributed by atoms with E-state index in [0.717, 1.165) is 35.6 Å². The SMILES string of the molecule is CCCNc1nc(SCC)nc2c1cnn2CCNC(=O)C=Cc1ccc([N+](=O)[O-])cc1. The Bertz CT molecular complexity index is 1110. The molecule has 0 aliphatic rings. The molecular weight excluding hydrogens is 430 g/mol. The lowest BCUT2D eigenvalue weighted by atomic mass is 10.2. The van der Waals surface area contributed by atoms with Gasteiger partial charge in [-0.15, -0.1) is 0 Å². The number of carbonyl (C=O) groups excluding carboxylic acids is 1. The van der Waals surface area contributed by atoms with E-state index in [4.69, 9.17) is 0 Å². The van der Waals surface area contributed by atoms with Crippen molar-refractivity contribution in [1.29, 1.82) is 0 Å². The summed E-state index contributed by atoms with van der Waals surface area (Å²) in [6.07, 6.45) is 5.72. The van der Waals surface area contributed by atoms with Gasteiger partial charge in [0.1, 0.15) is 5.82 Å². The Morgan fingerprint density at radius 2 is 2.00 bits per heavy atom. The van der Waals surface area contributed by atoms with Gasteiger partial charge in [-0.25, -0.2) is 14.6 Å². The standard InChI is InChI=1S/C21H25N7O3S/c1-3-11-23-19-17-14-24-27(20(17)26-21(25-19)32-4-2)13-12-22-18(29)10-7-15-5-8-16(9-6-15)28(30)31/h5-10,14H,3-4,11-13H2,1-2H3,(H,22,29)(H,23,25,26). The second-order valence-corrected chi connectivity index (χ2v) is 8.02. The molecule has 0 spiro atoms. The first-order valence-electron chi connectivity index (χ1n) is 10.3. The van der Waals surface area contributed by atoms with Crippen LogP contribution < -0.4 is 10.6 Å². The third-order valence-electron chi connectivity index (χ3n) is 4.45. The van der Waals surface area contributed by atoms with Crippen LogP contribution in [0.5, 0.6) is 0 Å². The maximum atomic E-state index is 12.1. The number of hydrogen-bond donors (Lipinski definition) is 2. The molecule has 0 aliphatic heterocycles. The van der Waals surface area contributed by atoms with Crippen LogP contribution in [0.1, 0.15) is 25.8 Å². The fourth-order valence-corrected chi connectivity index (χ4v) is 3.46. The summed E-state index contributed by atoms with van der Waals surface area (Å²) in [7, 11) is 0. The zero-order valence-corrected chi connectivity index (χ0v) is 18.8. The van der Waals surface area contributed by atoms with E-state index in [2.05, 4.69) is 39.5 Å². The van der Waals surface area contributed by atoms with Crippen LogP contribution in [-0.2, 0) is 11.3 Å². The van der Waals surface area contributed by atoms with Crippen LogP contribution in [0.15, 0.2) is 41.7 Å². The van der Waals surface area contributed by atoms with Gasteiger partial charge in [-0.3, -0.25) is 14.9 Å². The van der Waals surface area contributed by atoms with Crippen molar-refractivity contribution in [2.45, 2.75) is 32.0 Å². The van der Waals surface area contributed by atoms with Gasteiger partial charge < -0.3 is 10.6 Å². The van der Waals surface area contributed by atoms with Crippen molar-refractivity contribution < 1.29 is 9.72 Å². The molecule has 2 heterocycles. The number of nitrogens with one attached hydrogen (secondary N) is 2. The minimum Gasteiger partial charge on any atom is -0.369 e. The molecule has 3 aromatic rings. The lowest BCUT2D eigenvalue weighted by molar-refractivity contribution is -0.384. The van der Waals surface area contributed by atoms with E-state index in [0.29, 0.717) is 23.8 Å². The van der Waals surface area contributed by atoms with E-state index in [1.165, 1.54) is 18.2 Å². The van der Waals surface area contributed by atoms with Gasteiger partial charge in [-0.1, -0.05) is 25.6 Å². The van der Waals surface area contributed by atoms with Crippen molar-refractivity contribution in [3.63, 3.8) is 0 Å². The second kappa shape index (κ2) is 11.2. The molecular formula is C21H25N7O3S. The first-order chi connectivity index (χ1) is 15.5. The number of anilines is 1. The molecule has 0 saturated carbocycles. The predicted octanol–water partition coefficient (Wildman–Crippen LogP) is 3.50. The number of thioether (sulfide) groups is 1. The van der Waals surface area contributed by atoms with Gasteiger partial charge in [0.2, 0.25) is 5.91 Å². The van der Waals surface area contributed by atoms with Crippen LogP contribution in [0.4, 0.5) is 11.5 Å². The maximum absolute atomic E-state index is 12.1. The van der Waals surface area contributed by atoms with Gasteiger partial charge in [0.05, 0.1) is 23.1 Å². The lowest BCUT2D eigenvalue weighted by Crippen LogP contribution is -2.25. The quantitative estimate of drug-likeness (QED) is 0.148. The first-order valence-corrected chi connectivity index (χ1v) is 11.3. The molecule has 0 radical (unpaired) electrons. The summed E-state index contributed by atoms with van der Waals surface area (Å²) in [4.78, 5) is 31.6. The highest BCUT2D eigenvalue weighted by Gasteiger charge is 2.13. The predicted molar refractivity (Wildman–Crippen MR) is 126 cm³/mol. The molecule has 32 heavy (non-hydrogen) atoms. The molecule has 11 heteroatoms. The lowest BCUT2D eigenvalue weighted by Gasteiger charge is -2.09. The Hall–Kier alpha value is -3.47. The normalized spacial score (nSPS) is 11.2. The molecule has 1 aromatic carbocycles. The second-order valence-electron chi connectivity index (χ2n) is 6.79. The van der Waals surface area contributed by atoms with E-state index in [1.54, 1.807) is 40.8 Å². The summed E-state index contributed by atoms with van der Waals surface area (Å²) in [5.41, 5.74) is 1.44. The van der Waals surface area contributed by atoms with Crippen LogP contribution in [0.2, 0.25) is 0 Å². The van der Waals surface area contributed by atoms with Crippen LogP contribution in [-0.4, -0.2) is 49.4 Å². The molecule has 0 fully saturated rings. The summed E-state index contributed by atoms with van der Waals surface area (Å²) in [5, 5.41) is 22.8. The Morgan fingerprint density at radius 1 is 1.22 bits per heavy atom. The number of fused-ring (bicyclic) bond motifs is 1. The number of rotatable bonds is 11. The highest BCUT2D eigenvalue weighted by Crippen LogP contribution is 2.24. The summed E-state index contributed by atoms with van der Waals surface area (Å²) in [6.45, 7) is 5.79. The molecule has 0 unspecified atom stereocenters. The topological polar surface area (TPSA) is 128 Å². The molecule has 168 valence electrons. The smallest absolute Gasteiger partial charge is 0.269 e. The highest BCUT2D eigenvalue weighted by molar-refractivity contribution is 7.99. The van der Waals surface area contributed by atoms with Crippen molar-refractivity contribution >= 4 is 46.3 Å². The number of nitro benzene ring substituents is 1.